The highest BCUT2D eigenvalue weighted by Crippen LogP contribution is 2.34. The minimum atomic E-state index is -0.482. The van der Waals surface area contributed by atoms with Gasteiger partial charge in [0.2, 0.25) is 0 Å². The SMILES string of the molecule is Cc1ccc(COc2ccc(Br)cc2/C=C2/SC(=S)N(NC(=O)c3cccc(Cl)c3)C2=O)cc1. The second kappa shape index (κ2) is 10.7. The number of rotatable bonds is 6. The van der Waals surface area contributed by atoms with Crippen molar-refractivity contribution in [3.8, 4) is 5.75 Å². The molecule has 1 aliphatic rings. The molecule has 1 heterocycles. The van der Waals surface area contributed by atoms with E-state index in [1.807, 2.05) is 49.4 Å². The molecule has 3 aromatic rings. The third kappa shape index (κ3) is 5.88. The summed E-state index contributed by atoms with van der Waals surface area (Å²) < 4.78 is 7.10. The highest BCUT2D eigenvalue weighted by molar-refractivity contribution is 9.10. The second-order valence-corrected chi connectivity index (χ2v) is 10.5. The summed E-state index contributed by atoms with van der Waals surface area (Å²) in [4.78, 5) is 26.0. The monoisotopic (exact) mass is 572 g/mol. The molecule has 1 N–H and O–H groups in total. The van der Waals surface area contributed by atoms with Gasteiger partial charge in [0.05, 0.1) is 4.91 Å². The van der Waals surface area contributed by atoms with E-state index >= 15 is 0 Å². The Kier molecular flexibility index (Phi) is 7.73. The Hall–Kier alpha value is -2.65. The normalized spacial score (nSPS) is 14.6. The molecule has 3 aromatic carbocycles. The molecule has 1 saturated heterocycles. The first kappa shape index (κ1) is 24.5. The first-order chi connectivity index (χ1) is 16.3. The molecule has 0 spiro atoms. The quantitative estimate of drug-likeness (QED) is 0.268. The third-order valence-corrected chi connectivity index (χ3v) is 6.90. The third-order valence-electron chi connectivity index (χ3n) is 4.87. The Morgan fingerprint density at radius 3 is 2.68 bits per heavy atom. The molecule has 1 fully saturated rings. The number of halogens is 2. The summed E-state index contributed by atoms with van der Waals surface area (Å²) in [5, 5.41) is 1.49. The van der Waals surface area contributed by atoms with Crippen molar-refractivity contribution in [2.45, 2.75) is 13.5 Å². The van der Waals surface area contributed by atoms with Gasteiger partial charge in [0, 0.05) is 20.6 Å². The van der Waals surface area contributed by atoms with Crippen molar-refractivity contribution in [3.05, 3.63) is 103 Å². The second-order valence-electron chi connectivity index (χ2n) is 7.42. The number of carbonyl (C=O) groups is 2. The lowest BCUT2D eigenvalue weighted by molar-refractivity contribution is -0.123. The van der Waals surface area contributed by atoms with Crippen molar-refractivity contribution < 1.29 is 14.3 Å². The average molecular weight is 574 g/mol. The van der Waals surface area contributed by atoms with Crippen LogP contribution >= 0.6 is 51.5 Å². The molecule has 4 rings (SSSR count). The highest BCUT2D eigenvalue weighted by Gasteiger charge is 2.34. The van der Waals surface area contributed by atoms with Crippen LogP contribution < -0.4 is 10.2 Å². The molecule has 0 atom stereocenters. The lowest BCUT2D eigenvalue weighted by Crippen LogP contribution is -2.44. The van der Waals surface area contributed by atoms with Gasteiger partial charge in [-0.15, -0.1) is 0 Å². The van der Waals surface area contributed by atoms with Crippen LogP contribution in [0.4, 0.5) is 0 Å². The lowest BCUT2D eigenvalue weighted by atomic mass is 10.1. The van der Waals surface area contributed by atoms with Crippen LogP contribution in [0.15, 0.2) is 76.1 Å². The van der Waals surface area contributed by atoms with E-state index in [1.54, 1.807) is 24.3 Å². The Bertz CT molecular complexity index is 1310. The zero-order valence-electron chi connectivity index (χ0n) is 17.9. The van der Waals surface area contributed by atoms with E-state index in [1.165, 1.54) is 11.6 Å². The van der Waals surface area contributed by atoms with Gasteiger partial charge in [-0.25, -0.2) is 0 Å². The summed E-state index contributed by atoms with van der Waals surface area (Å²) in [5.41, 5.74) is 5.81. The number of aryl methyl sites for hydroxylation is 1. The number of ether oxygens (including phenoxy) is 1. The molecular formula is C25H18BrClN2O3S2. The van der Waals surface area contributed by atoms with Gasteiger partial charge in [-0.2, -0.15) is 5.01 Å². The number of thioether (sulfide) groups is 1. The van der Waals surface area contributed by atoms with Crippen LogP contribution in [0.2, 0.25) is 5.02 Å². The van der Waals surface area contributed by atoms with Gasteiger partial charge in [0.1, 0.15) is 12.4 Å². The number of carbonyl (C=O) groups excluding carboxylic acids is 2. The number of amides is 2. The predicted molar refractivity (Wildman–Crippen MR) is 144 cm³/mol. The Morgan fingerprint density at radius 1 is 1.18 bits per heavy atom. The fourth-order valence-electron chi connectivity index (χ4n) is 3.11. The molecule has 0 saturated carbocycles. The molecule has 172 valence electrons. The van der Waals surface area contributed by atoms with Crippen LogP contribution in [0.5, 0.6) is 5.75 Å². The maximum Gasteiger partial charge on any atom is 0.285 e. The van der Waals surface area contributed by atoms with Crippen LogP contribution in [0.3, 0.4) is 0 Å². The predicted octanol–water partition coefficient (Wildman–Crippen LogP) is 6.54. The first-order valence-electron chi connectivity index (χ1n) is 10.1. The molecule has 34 heavy (non-hydrogen) atoms. The summed E-state index contributed by atoms with van der Waals surface area (Å²) in [7, 11) is 0. The Labute approximate surface area is 220 Å². The van der Waals surface area contributed by atoms with Crippen LogP contribution in [0.1, 0.15) is 27.0 Å². The fourth-order valence-corrected chi connectivity index (χ4v) is 4.85. The lowest BCUT2D eigenvalue weighted by Gasteiger charge is -2.15. The highest BCUT2D eigenvalue weighted by atomic mass is 79.9. The average Bonchev–Trinajstić information content (AvgIpc) is 3.07. The topological polar surface area (TPSA) is 58.6 Å². The van der Waals surface area contributed by atoms with Crippen LogP contribution in [-0.2, 0) is 11.4 Å². The number of nitrogens with zero attached hydrogens (tertiary/aromatic N) is 1. The van der Waals surface area contributed by atoms with E-state index in [-0.39, 0.29) is 4.32 Å². The molecule has 0 bridgehead atoms. The standard InChI is InChI=1S/C25H18BrClN2O3S2/c1-15-5-7-16(8-6-15)14-32-21-10-9-19(26)11-18(21)13-22-24(31)29(25(33)34-22)28-23(30)17-3-2-4-20(27)12-17/h2-13H,14H2,1H3,(H,28,30)/b22-13+. The van der Waals surface area contributed by atoms with Gasteiger partial charge in [-0.05, 0) is 67.2 Å². The van der Waals surface area contributed by atoms with Gasteiger partial charge < -0.3 is 4.74 Å². The van der Waals surface area contributed by atoms with E-state index in [0.717, 1.165) is 26.8 Å². The largest absolute Gasteiger partial charge is 0.488 e. The Morgan fingerprint density at radius 2 is 1.94 bits per heavy atom. The molecule has 2 amide bonds. The number of nitrogens with one attached hydrogen (secondary N) is 1. The van der Waals surface area contributed by atoms with Crippen molar-refractivity contribution in [1.82, 2.24) is 10.4 Å². The zero-order valence-corrected chi connectivity index (χ0v) is 21.9. The van der Waals surface area contributed by atoms with Crippen molar-refractivity contribution in [1.29, 1.82) is 0 Å². The van der Waals surface area contributed by atoms with Gasteiger partial charge in [0.15, 0.2) is 4.32 Å². The molecule has 0 aliphatic carbocycles. The zero-order chi connectivity index (χ0) is 24.2. The number of thiocarbonyl (C=S) groups is 1. The van der Waals surface area contributed by atoms with Gasteiger partial charge >= 0.3 is 0 Å². The summed E-state index contributed by atoms with van der Waals surface area (Å²) in [5.74, 6) is -0.281. The van der Waals surface area contributed by atoms with E-state index in [9.17, 15) is 9.59 Å². The maximum absolute atomic E-state index is 13.0. The molecule has 0 unspecified atom stereocenters. The van der Waals surface area contributed by atoms with Crippen LogP contribution in [0.25, 0.3) is 6.08 Å². The summed E-state index contributed by atoms with van der Waals surface area (Å²) in [6.07, 6.45) is 1.71. The summed E-state index contributed by atoms with van der Waals surface area (Å²) >= 11 is 15.9. The minimum Gasteiger partial charge on any atom is -0.488 e. The number of hydrazine groups is 1. The first-order valence-corrected chi connectivity index (χ1v) is 12.5. The van der Waals surface area contributed by atoms with Crippen molar-refractivity contribution in [2.75, 3.05) is 0 Å². The summed E-state index contributed by atoms with van der Waals surface area (Å²) in [6.45, 7) is 2.42. The van der Waals surface area contributed by atoms with E-state index in [4.69, 9.17) is 28.6 Å². The number of hydrogen-bond donors (Lipinski definition) is 1. The van der Waals surface area contributed by atoms with Gasteiger partial charge in [-0.1, -0.05) is 75.2 Å². The molecular weight excluding hydrogens is 556 g/mol. The van der Waals surface area contributed by atoms with Crippen molar-refractivity contribution >= 4 is 73.7 Å². The molecule has 1 aliphatic heterocycles. The van der Waals surface area contributed by atoms with Gasteiger partial charge in [-0.3, -0.25) is 15.0 Å². The minimum absolute atomic E-state index is 0.226. The van der Waals surface area contributed by atoms with Crippen LogP contribution in [-0.4, -0.2) is 21.1 Å². The molecule has 9 heteroatoms. The molecule has 5 nitrogen and oxygen atoms in total. The smallest absolute Gasteiger partial charge is 0.285 e. The van der Waals surface area contributed by atoms with E-state index in [0.29, 0.717) is 33.4 Å². The van der Waals surface area contributed by atoms with Crippen molar-refractivity contribution in [2.24, 2.45) is 0 Å². The maximum atomic E-state index is 13.0. The Balaban J connectivity index is 1.52. The van der Waals surface area contributed by atoms with Crippen molar-refractivity contribution in [3.63, 3.8) is 0 Å². The molecule has 0 radical (unpaired) electrons. The van der Waals surface area contributed by atoms with Crippen LogP contribution in [0, 0.1) is 6.92 Å². The summed E-state index contributed by atoms with van der Waals surface area (Å²) in [6, 6.07) is 20.1. The number of hydrogen-bond acceptors (Lipinski definition) is 5. The molecule has 0 aromatic heterocycles. The van der Waals surface area contributed by atoms with Gasteiger partial charge in [0.25, 0.3) is 11.8 Å². The van der Waals surface area contributed by atoms with E-state index < -0.39 is 11.8 Å². The number of benzene rings is 3. The fraction of sp³-hybridized carbons (Fsp3) is 0.0800. The van der Waals surface area contributed by atoms with E-state index in [2.05, 4.69) is 21.4 Å².